The Balaban J connectivity index is 1.45. The number of amides is 2. The fraction of sp³-hybridized carbons (Fsp3) is 0.407. The predicted octanol–water partition coefficient (Wildman–Crippen LogP) is 2.48. The second-order valence-corrected chi connectivity index (χ2v) is 8.77. The van der Waals surface area contributed by atoms with Gasteiger partial charge in [0.15, 0.2) is 19.0 Å². The van der Waals surface area contributed by atoms with Crippen molar-refractivity contribution in [1.82, 2.24) is 4.90 Å². The number of carbonyl (C=O) groups is 4. The molecule has 10 heteroatoms. The maximum atomic E-state index is 13.1. The topological polar surface area (TPSA) is 112 Å². The minimum absolute atomic E-state index is 0.210. The number of Topliss-reactive ketones (excluding diaryl/α,β-unsaturated/α-hetero) is 1. The maximum Gasteiger partial charge on any atom is 0.310 e. The van der Waals surface area contributed by atoms with Crippen molar-refractivity contribution in [2.45, 2.75) is 19.8 Å². The van der Waals surface area contributed by atoms with Gasteiger partial charge < -0.3 is 23.8 Å². The van der Waals surface area contributed by atoms with Crippen LogP contribution in [0.3, 0.4) is 0 Å². The predicted molar refractivity (Wildman–Crippen MR) is 133 cm³/mol. The number of carbonyl (C=O) groups excluding carboxylic acids is 4. The highest BCUT2D eigenvalue weighted by Gasteiger charge is 2.33. The fourth-order valence-corrected chi connectivity index (χ4v) is 4.36. The molecule has 2 aromatic rings. The number of esters is 1. The standard InChI is InChI=1S/C27H30N2O8/c1-3-35-27(33)19-6-5-11-28(14-19)25(31)15-29-22-12-18(9-10-24(22)37-17-26(29)32)23(30)16-36-21-8-4-7-20(13-21)34-2/h4,7-10,12-13,19H,3,5-6,11,14-17H2,1-2H3/t19-/m0/s1. The molecule has 0 saturated carbocycles. The average molecular weight is 511 g/mol. The number of rotatable bonds is 9. The van der Waals surface area contributed by atoms with Crippen LogP contribution in [0.4, 0.5) is 5.69 Å². The Bertz CT molecular complexity index is 1180. The highest BCUT2D eigenvalue weighted by molar-refractivity contribution is 6.04. The van der Waals surface area contributed by atoms with Crippen molar-refractivity contribution in [3.8, 4) is 17.2 Å². The van der Waals surface area contributed by atoms with Gasteiger partial charge in [-0.05, 0) is 50.1 Å². The van der Waals surface area contributed by atoms with Gasteiger partial charge in [0.2, 0.25) is 5.91 Å². The van der Waals surface area contributed by atoms with Gasteiger partial charge in [-0.1, -0.05) is 6.07 Å². The zero-order chi connectivity index (χ0) is 26.4. The monoisotopic (exact) mass is 510 g/mol. The molecule has 0 bridgehead atoms. The molecule has 1 fully saturated rings. The van der Waals surface area contributed by atoms with E-state index < -0.39 is 5.91 Å². The Labute approximate surface area is 215 Å². The van der Waals surface area contributed by atoms with Crippen LogP contribution in [0, 0.1) is 5.92 Å². The van der Waals surface area contributed by atoms with Gasteiger partial charge in [0.05, 0.1) is 25.3 Å². The summed E-state index contributed by atoms with van der Waals surface area (Å²) >= 11 is 0. The lowest BCUT2D eigenvalue weighted by molar-refractivity contribution is -0.151. The number of fused-ring (bicyclic) bond motifs is 1. The van der Waals surface area contributed by atoms with Crippen molar-refractivity contribution in [3.05, 3.63) is 48.0 Å². The quantitative estimate of drug-likeness (QED) is 0.374. The lowest BCUT2D eigenvalue weighted by Gasteiger charge is -2.34. The van der Waals surface area contributed by atoms with E-state index in [4.69, 9.17) is 18.9 Å². The summed E-state index contributed by atoms with van der Waals surface area (Å²) in [5, 5.41) is 0. The SMILES string of the molecule is CCOC(=O)[C@H]1CCCN(C(=O)CN2C(=O)COc3ccc(C(=O)COc4cccc(OC)c4)cc32)C1. The average Bonchev–Trinajstić information content (AvgIpc) is 2.93. The lowest BCUT2D eigenvalue weighted by atomic mass is 9.98. The molecule has 37 heavy (non-hydrogen) atoms. The molecular formula is C27H30N2O8. The number of methoxy groups -OCH3 is 1. The smallest absolute Gasteiger partial charge is 0.310 e. The van der Waals surface area contributed by atoms with E-state index >= 15 is 0 Å². The third kappa shape index (κ3) is 6.19. The molecule has 1 atom stereocenters. The first-order valence-corrected chi connectivity index (χ1v) is 12.2. The third-order valence-corrected chi connectivity index (χ3v) is 6.32. The van der Waals surface area contributed by atoms with E-state index in [2.05, 4.69) is 0 Å². The molecule has 0 N–H and O–H groups in total. The van der Waals surface area contributed by atoms with Crippen LogP contribution in [0.2, 0.25) is 0 Å². The molecule has 2 aromatic carbocycles. The molecule has 1 saturated heterocycles. The van der Waals surface area contributed by atoms with E-state index in [-0.39, 0.29) is 56.5 Å². The molecule has 4 rings (SSSR count). The largest absolute Gasteiger partial charge is 0.497 e. The molecule has 0 unspecified atom stereocenters. The van der Waals surface area contributed by atoms with Gasteiger partial charge in [-0.25, -0.2) is 0 Å². The first kappa shape index (κ1) is 26.0. The van der Waals surface area contributed by atoms with Crippen LogP contribution in [0.1, 0.15) is 30.1 Å². The van der Waals surface area contributed by atoms with E-state index in [9.17, 15) is 19.2 Å². The van der Waals surface area contributed by atoms with Gasteiger partial charge in [0, 0.05) is 24.7 Å². The zero-order valence-electron chi connectivity index (χ0n) is 20.9. The maximum absolute atomic E-state index is 13.1. The Morgan fingerprint density at radius 3 is 2.70 bits per heavy atom. The number of ketones is 1. The van der Waals surface area contributed by atoms with Crippen LogP contribution < -0.4 is 19.1 Å². The third-order valence-electron chi connectivity index (χ3n) is 6.32. The molecule has 2 amide bonds. The number of anilines is 1. The summed E-state index contributed by atoms with van der Waals surface area (Å²) in [5.41, 5.74) is 0.661. The van der Waals surface area contributed by atoms with Crippen molar-refractivity contribution in [2.75, 3.05) is 51.5 Å². The molecule has 196 valence electrons. The van der Waals surface area contributed by atoms with Gasteiger partial charge in [-0.2, -0.15) is 0 Å². The molecule has 0 spiro atoms. The Morgan fingerprint density at radius 1 is 1.11 bits per heavy atom. The number of nitrogens with zero attached hydrogens (tertiary/aromatic N) is 2. The molecule has 2 aliphatic heterocycles. The van der Waals surface area contributed by atoms with Gasteiger partial charge in [-0.15, -0.1) is 0 Å². The van der Waals surface area contributed by atoms with Crippen molar-refractivity contribution < 1.29 is 38.1 Å². The summed E-state index contributed by atoms with van der Waals surface area (Å²) in [4.78, 5) is 53.8. The van der Waals surface area contributed by atoms with E-state index in [0.717, 1.165) is 0 Å². The summed E-state index contributed by atoms with van der Waals surface area (Å²) in [7, 11) is 1.54. The molecule has 10 nitrogen and oxygen atoms in total. The second kappa shape index (κ2) is 11.8. The van der Waals surface area contributed by atoms with Gasteiger partial charge in [0.1, 0.15) is 23.8 Å². The van der Waals surface area contributed by atoms with Crippen LogP contribution in [-0.4, -0.2) is 75.0 Å². The number of piperidine rings is 1. The minimum Gasteiger partial charge on any atom is -0.497 e. The van der Waals surface area contributed by atoms with Gasteiger partial charge in [0.25, 0.3) is 5.91 Å². The normalized spacial score (nSPS) is 16.9. The van der Waals surface area contributed by atoms with Gasteiger partial charge >= 0.3 is 5.97 Å². The Hall–Kier alpha value is -4.08. The van der Waals surface area contributed by atoms with E-state index in [1.165, 1.54) is 11.0 Å². The molecule has 2 heterocycles. The summed E-state index contributed by atoms with van der Waals surface area (Å²) in [6.45, 7) is 2.13. The first-order valence-electron chi connectivity index (χ1n) is 12.2. The molecule has 2 aliphatic rings. The number of ether oxygens (including phenoxy) is 4. The van der Waals surface area contributed by atoms with Crippen LogP contribution >= 0.6 is 0 Å². The zero-order valence-corrected chi connectivity index (χ0v) is 20.9. The van der Waals surface area contributed by atoms with Crippen LogP contribution in [0.15, 0.2) is 42.5 Å². The van der Waals surface area contributed by atoms with Crippen molar-refractivity contribution in [1.29, 1.82) is 0 Å². The van der Waals surface area contributed by atoms with Gasteiger partial charge in [-0.3, -0.25) is 24.1 Å². The van der Waals surface area contributed by atoms with E-state index in [0.29, 0.717) is 47.9 Å². The Kier molecular flexibility index (Phi) is 8.27. The number of hydrogen-bond acceptors (Lipinski definition) is 8. The number of likely N-dealkylation sites (tertiary alicyclic amines) is 1. The van der Waals surface area contributed by atoms with Crippen LogP contribution in [0.25, 0.3) is 0 Å². The van der Waals surface area contributed by atoms with Crippen molar-refractivity contribution in [2.24, 2.45) is 5.92 Å². The second-order valence-electron chi connectivity index (χ2n) is 8.77. The van der Waals surface area contributed by atoms with Crippen molar-refractivity contribution >= 4 is 29.3 Å². The van der Waals surface area contributed by atoms with Crippen LogP contribution in [-0.2, 0) is 19.1 Å². The fourth-order valence-electron chi connectivity index (χ4n) is 4.36. The summed E-state index contributed by atoms with van der Waals surface area (Å²) in [6, 6.07) is 11.7. The molecule has 0 aliphatic carbocycles. The van der Waals surface area contributed by atoms with E-state index in [1.54, 1.807) is 55.3 Å². The van der Waals surface area contributed by atoms with Crippen LogP contribution in [0.5, 0.6) is 17.2 Å². The Morgan fingerprint density at radius 2 is 1.92 bits per heavy atom. The minimum atomic E-state index is -0.392. The van der Waals surface area contributed by atoms with E-state index in [1.807, 2.05) is 0 Å². The highest BCUT2D eigenvalue weighted by atomic mass is 16.5. The molecule has 0 radical (unpaired) electrons. The summed E-state index contributed by atoms with van der Waals surface area (Å²) < 4.78 is 21.4. The summed E-state index contributed by atoms with van der Waals surface area (Å²) in [5.74, 6) is -0.170. The summed E-state index contributed by atoms with van der Waals surface area (Å²) in [6.07, 6.45) is 1.33. The first-order chi connectivity index (χ1) is 17.9. The number of benzene rings is 2. The van der Waals surface area contributed by atoms with Crippen molar-refractivity contribution in [3.63, 3.8) is 0 Å². The molecule has 0 aromatic heterocycles. The number of hydrogen-bond donors (Lipinski definition) is 0. The lowest BCUT2D eigenvalue weighted by Crippen LogP contribution is -2.49. The molecular weight excluding hydrogens is 480 g/mol. The highest BCUT2D eigenvalue weighted by Crippen LogP contribution is 2.33.